The van der Waals surface area contributed by atoms with E-state index in [4.69, 9.17) is 5.73 Å². The van der Waals surface area contributed by atoms with Gasteiger partial charge in [0.05, 0.1) is 5.69 Å². The number of aromatic nitrogens is 1. The van der Waals surface area contributed by atoms with Crippen molar-refractivity contribution in [1.29, 1.82) is 0 Å². The Kier molecular flexibility index (Phi) is 4.34. The highest BCUT2D eigenvalue weighted by Gasteiger charge is 2.23. The van der Waals surface area contributed by atoms with Crippen LogP contribution in [-0.4, -0.2) is 20.0 Å². The SMILES string of the molecule is CCn1cc(S(=O)(=O)N(C)c2ccc(F)cc2)cc1CN. The Hall–Kier alpha value is -1.86. The summed E-state index contributed by atoms with van der Waals surface area (Å²) in [5.41, 5.74) is 6.77. The van der Waals surface area contributed by atoms with Gasteiger partial charge in [-0.15, -0.1) is 0 Å². The zero-order valence-corrected chi connectivity index (χ0v) is 12.8. The Labute approximate surface area is 123 Å². The van der Waals surface area contributed by atoms with E-state index in [-0.39, 0.29) is 11.4 Å². The van der Waals surface area contributed by atoms with Crippen LogP contribution < -0.4 is 10.0 Å². The van der Waals surface area contributed by atoms with E-state index in [9.17, 15) is 12.8 Å². The standard InChI is InChI=1S/C14H18FN3O2S/c1-3-18-10-14(8-13(18)9-16)21(19,20)17(2)12-6-4-11(15)5-7-12/h4-8,10H,3,9,16H2,1-2H3. The maximum Gasteiger partial charge on any atom is 0.265 e. The molecule has 0 atom stereocenters. The van der Waals surface area contributed by atoms with Crippen LogP contribution in [-0.2, 0) is 23.1 Å². The molecule has 21 heavy (non-hydrogen) atoms. The van der Waals surface area contributed by atoms with Crippen molar-refractivity contribution in [3.05, 3.63) is 48.0 Å². The number of sulfonamides is 1. The predicted molar refractivity (Wildman–Crippen MR) is 80.0 cm³/mol. The first-order chi connectivity index (χ1) is 9.90. The van der Waals surface area contributed by atoms with Crippen molar-refractivity contribution in [1.82, 2.24) is 4.57 Å². The lowest BCUT2D eigenvalue weighted by Crippen LogP contribution is -2.26. The first-order valence-electron chi connectivity index (χ1n) is 6.53. The molecule has 0 radical (unpaired) electrons. The summed E-state index contributed by atoms with van der Waals surface area (Å²) in [5.74, 6) is -0.410. The summed E-state index contributed by atoms with van der Waals surface area (Å²) in [4.78, 5) is 0.177. The van der Waals surface area contributed by atoms with Crippen molar-refractivity contribution in [3.63, 3.8) is 0 Å². The molecule has 1 aromatic heterocycles. The Balaban J connectivity index is 2.41. The van der Waals surface area contributed by atoms with E-state index in [1.807, 2.05) is 6.92 Å². The highest BCUT2D eigenvalue weighted by Crippen LogP contribution is 2.23. The average molecular weight is 311 g/mol. The second-order valence-corrected chi connectivity index (χ2v) is 6.58. The molecular formula is C14H18FN3O2S. The van der Waals surface area contributed by atoms with Gasteiger partial charge in [0.15, 0.2) is 0 Å². The fourth-order valence-electron chi connectivity index (χ4n) is 2.08. The van der Waals surface area contributed by atoms with Crippen molar-refractivity contribution in [2.75, 3.05) is 11.4 Å². The molecule has 5 nitrogen and oxygen atoms in total. The van der Waals surface area contributed by atoms with E-state index in [1.54, 1.807) is 16.8 Å². The Morgan fingerprint density at radius 3 is 2.38 bits per heavy atom. The first-order valence-corrected chi connectivity index (χ1v) is 7.97. The molecule has 0 amide bonds. The van der Waals surface area contributed by atoms with Crippen LogP contribution in [0.3, 0.4) is 0 Å². The number of anilines is 1. The maximum absolute atomic E-state index is 12.9. The van der Waals surface area contributed by atoms with Gasteiger partial charge in [-0.1, -0.05) is 0 Å². The van der Waals surface area contributed by atoms with Crippen LogP contribution in [0.15, 0.2) is 41.4 Å². The van der Waals surface area contributed by atoms with E-state index >= 15 is 0 Å². The summed E-state index contributed by atoms with van der Waals surface area (Å²) in [6.07, 6.45) is 1.57. The topological polar surface area (TPSA) is 68.3 Å². The van der Waals surface area contributed by atoms with Crippen LogP contribution in [0.2, 0.25) is 0 Å². The number of aryl methyl sites for hydroxylation is 1. The van der Waals surface area contributed by atoms with Crippen molar-refractivity contribution in [3.8, 4) is 0 Å². The van der Waals surface area contributed by atoms with Crippen LogP contribution in [0.1, 0.15) is 12.6 Å². The molecule has 7 heteroatoms. The number of rotatable bonds is 5. The third-order valence-corrected chi connectivity index (χ3v) is 5.11. The summed E-state index contributed by atoms with van der Waals surface area (Å²) in [6.45, 7) is 2.82. The van der Waals surface area contributed by atoms with Gasteiger partial charge in [-0.05, 0) is 37.3 Å². The lowest BCUT2D eigenvalue weighted by atomic mass is 10.3. The zero-order valence-electron chi connectivity index (χ0n) is 12.0. The van der Waals surface area contributed by atoms with E-state index in [0.717, 1.165) is 10.00 Å². The first kappa shape index (κ1) is 15.5. The minimum absolute atomic E-state index is 0.177. The smallest absolute Gasteiger partial charge is 0.265 e. The number of benzene rings is 1. The zero-order chi connectivity index (χ0) is 15.6. The minimum Gasteiger partial charge on any atom is -0.349 e. The molecule has 0 unspecified atom stereocenters. The average Bonchev–Trinajstić information content (AvgIpc) is 2.91. The second kappa shape index (κ2) is 5.87. The predicted octanol–water partition coefficient (Wildman–Crippen LogP) is 1.93. The fourth-order valence-corrected chi connectivity index (χ4v) is 3.34. The Bertz CT molecular complexity index is 702. The van der Waals surface area contributed by atoms with Crippen LogP contribution in [0.5, 0.6) is 0 Å². The molecule has 2 rings (SSSR count). The summed E-state index contributed by atoms with van der Waals surface area (Å²) in [5, 5.41) is 0. The van der Waals surface area contributed by atoms with Gasteiger partial charge in [-0.25, -0.2) is 12.8 Å². The molecule has 2 aromatic rings. The molecule has 0 saturated heterocycles. The summed E-state index contributed by atoms with van der Waals surface area (Å²) >= 11 is 0. The third kappa shape index (κ3) is 2.93. The van der Waals surface area contributed by atoms with Crippen molar-refractivity contribution >= 4 is 15.7 Å². The van der Waals surface area contributed by atoms with Gasteiger partial charge in [0, 0.05) is 32.0 Å². The Morgan fingerprint density at radius 2 is 1.90 bits per heavy atom. The van der Waals surface area contributed by atoms with Gasteiger partial charge in [-0.2, -0.15) is 0 Å². The molecule has 114 valence electrons. The van der Waals surface area contributed by atoms with Gasteiger partial charge in [0.2, 0.25) is 0 Å². The third-order valence-electron chi connectivity index (χ3n) is 3.36. The van der Waals surface area contributed by atoms with Crippen LogP contribution in [0.4, 0.5) is 10.1 Å². The highest BCUT2D eigenvalue weighted by atomic mass is 32.2. The number of halogens is 1. The number of nitrogens with two attached hydrogens (primary N) is 1. The van der Waals surface area contributed by atoms with E-state index in [2.05, 4.69) is 0 Å². The van der Waals surface area contributed by atoms with Crippen LogP contribution in [0.25, 0.3) is 0 Å². The highest BCUT2D eigenvalue weighted by molar-refractivity contribution is 7.92. The quantitative estimate of drug-likeness (QED) is 0.917. The normalized spacial score (nSPS) is 11.6. The summed E-state index contributed by atoms with van der Waals surface area (Å²) in [7, 11) is -2.25. The maximum atomic E-state index is 12.9. The molecule has 0 fully saturated rings. The lowest BCUT2D eigenvalue weighted by Gasteiger charge is -2.18. The summed E-state index contributed by atoms with van der Waals surface area (Å²) < 4.78 is 41.0. The van der Waals surface area contributed by atoms with Crippen molar-refractivity contribution in [2.24, 2.45) is 5.73 Å². The monoisotopic (exact) mass is 311 g/mol. The Morgan fingerprint density at radius 1 is 1.29 bits per heavy atom. The van der Waals surface area contributed by atoms with Gasteiger partial charge in [-0.3, -0.25) is 4.31 Å². The number of hydrogen-bond acceptors (Lipinski definition) is 3. The molecule has 0 aliphatic rings. The van der Waals surface area contributed by atoms with E-state index < -0.39 is 15.8 Å². The fraction of sp³-hybridized carbons (Fsp3) is 0.286. The number of nitrogens with zero attached hydrogens (tertiary/aromatic N) is 2. The van der Waals surface area contributed by atoms with E-state index in [0.29, 0.717) is 12.2 Å². The molecule has 0 saturated carbocycles. The molecule has 0 aliphatic heterocycles. The molecule has 0 spiro atoms. The summed E-state index contributed by atoms with van der Waals surface area (Å²) in [6, 6.07) is 6.87. The van der Waals surface area contributed by atoms with Crippen LogP contribution in [0, 0.1) is 5.82 Å². The molecule has 0 bridgehead atoms. The number of hydrogen-bond donors (Lipinski definition) is 1. The largest absolute Gasteiger partial charge is 0.349 e. The van der Waals surface area contributed by atoms with Gasteiger partial charge in [0.25, 0.3) is 10.0 Å². The van der Waals surface area contributed by atoms with E-state index in [1.165, 1.54) is 31.3 Å². The second-order valence-electron chi connectivity index (χ2n) is 4.61. The van der Waals surface area contributed by atoms with Crippen molar-refractivity contribution in [2.45, 2.75) is 24.9 Å². The molecular weight excluding hydrogens is 293 g/mol. The van der Waals surface area contributed by atoms with Crippen LogP contribution >= 0.6 is 0 Å². The molecule has 0 aliphatic carbocycles. The van der Waals surface area contributed by atoms with Gasteiger partial charge >= 0.3 is 0 Å². The lowest BCUT2D eigenvalue weighted by molar-refractivity contribution is 0.593. The van der Waals surface area contributed by atoms with Crippen molar-refractivity contribution < 1.29 is 12.8 Å². The van der Waals surface area contributed by atoms with Gasteiger partial charge in [0.1, 0.15) is 10.7 Å². The minimum atomic E-state index is -3.69. The molecule has 1 aromatic carbocycles. The van der Waals surface area contributed by atoms with Gasteiger partial charge < -0.3 is 10.3 Å². The molecule has 2 N–H and O–H groups in total. The molecule has 1 heterocycles.